The lowest BCUT2D eigenvalue weighted by molar-refractivity contribution is -0.123. The zero-order chi connectivity index (χ0) is 19.4. The first-order valence-corrected chi connectivity index (χ1v) is 9.40. The first kappa shape index (κ1) is 17.0. The summed E-state index contributed by atoms with van der Waals surface area (Å²) in [6.07, 6.45) is 2.68. The molecule has 6 heteroatoms. The van der Waals surface area contributed by atoms with E-state index in [1.807, 2.05) is 24.9 Å². The van der Waals surface area contributed by atoms with Crippen LogP contribution in [0.2, 0.25) is 0 Å². The standard InChI is InChI=1S/C22H20FN3O2/c1-12(21-9-15-7-16(23)5-6-20(15)28-21)25-22(27)18-10-17(18)13-3-4-14-11-24-26(2)19(14)8-13/h3-9,11-12,17-18H,10H2,1-2H3,(H,25,27)/t12-,17+,18-/m1/s1. The summed E-state index contributed by atoms with van der Waals surface area (Å²) in [5.41, 5.74) is 2.86. The fourth-order valence-corrected chi connectivity index (χ4v) is 3.88. The summed E-state index contributed by atoms with van der Waals surface area (Å²) in [6, 6.07) is 12.2. The summed E-state index contributed by atoms with van der Waals surface area (Å²) in [6.45, 7) is 1.88. The highest BCUT2D eigenvalue weighted by molar-refractivity contribution is 5.85. The molecule has 1 fully saturated rings. The number of fused-ring (bicyclic) bond motifs is 2. The van der Waals surface area contributed by atoms with Crippen LogP contribution in [-0.2, 0) is 11.8 Å². The molecule has 0 aliphatic heterocycles. The number of nitrogens with one attached hydrogen (secondary N) is 1. The van der Waals surface area contributed by atoms with E-state index in [9.17, 15) is 9.18 Å². The lowest BCUT2D eigenvalue weighted by Crippen LogP contribution is -2.28. The molecule has 0 unspecified atom stereocenters. The Labute approximate surface area is 161 Å². The maximum Gasteiger partial charge on any atom is 0.224 e. The molecule has 142 valence electrons. The quantitative estimate of drug-likeness (QED) is 0.572. The molecule has 1 aliphatic rings. The van der Waals surface area contributed by atoms with Crippen molar-refractivity contribution >= 4 is 27.8 Å². The molecular formula is C22H20FN3O2. The van der Waals surface area contributed by atoms with Crippen LogP contribution in [-0.4, -0.2) is 15.7 Å². The van der Waals surface area contributed by atoms with Crippen molar-refractivity contribution in [2.45, 2.75) is 25.3 Å². The molecule has 1 saturated carbocycles. The first-order valence-electron chi connectivity index (χ1n) is 9.40. The third-order valence-electron chi connectivity index (χ3n) is 5.61. The van der Waals surface area contributed by atoms with E-state index in [1.54, 1.807) is 12.1 Å². The highest BCUT2D eigenvalue weighted by Gasteiger charge is 2.44. The number of aryl methyl sites for hydroxylation is 1. The summed E-state index contributed by atoms with van der Waals surface area (Å²) < 4.78 is 21.0. The second-order valence-corrected chi connectivity index (χ2v) is 7.60. The van der Waals surface area contributed by atoms with Gasteiger partial charge in [-0.05, 0) is 55.2 Å². The van der Waals surface area contributed by atoms with Gasteiger partial charge in [-0.2, -0.15) is 5.10 Å². The highest BCUT2D eigenvalue weighted by Crippen LogP contribution is 2.48. The van der Waals surface area contributed by atoms with E-state index >= 15 is 0 Å². The largest absolute Gasteiger partial charge is 0.459 e. The van der Waals surface area contributed by atoms with E-state index in [2.05, 4.69) is 28.6 Å². The molecule has 0 bridgehead atoms. The van der Waals surface area contributed by atoms with Crippen molar-refractivity contribution in [3.8, 4) is 0 Å². The monoisotopic (exact) mass is 377 g/mol. The number of rotatable bonds is 4. The maximum absolute atomic E-state index is 13.4. The van der Waals surface area contributed by atoms with Crippen molar-refractivity contribution in [3.05, 3.63) is 65.8 Å². The molecule has 0 spiro atoms. The Morgan fingerprint density at radius 1 is 1.25 bits per heavy atom. The van der Waals surface area contributed by atoms with Crippen LogP contribution in [0.25, 0.3) is 21.9 Å². The third-order valence-corrected chi connectivity index (χ3v) is 5.61. The third kappa shape index (κ3) is 2.85. The van der Waals surface area contributed by atoms with Crippen LogP contribution in [0, 0.1) is 11.7 Å². The second-order valence-electron chi connectivity index (χ2n) is 7.60. The molecule has 5 nitrogen and oxygen atoms in total. The molecule has 4 aromatic rings. The van der Waals surface area contributed by atoms with Crippen molar-refractivity contribution in [1.29, 1.82) is 0 Å². The fraction of sp³-hybridized carbons (Fsp3) is 0.273. The van der Waals surface area contributed by atoms with Gasteiger partial charge in [-0.25, -0.2) is 4.39 Å². The van der Waals surface area contributed by atoms with Gasteiger partial charge >= 0.3 is 0 Å². The summed E-state index contributed by atoms with van der Waals surface area (Å²) in [4.78, 5) is 12.7. The number of furan rings is 1. The maximum atomic E-state index is 13.4. The average molecular weight is 377 g/mol. The number of aromatic nitrogens is 2. The Bertz CT molecular complexity index is 1210. The van der Waals surface area contributed by atoms with Gasteiger partial charge in [0.2, 0.25) is 5.91 Å². The smallest absolute Gasteiger partial charge is 0.224 e. The lowest BCUT2D eigenvalue weighted by Gasteiger charge is -2.11. The van der Waals surface area contributed by atoms with Crippen LogP contribution in [0.15, 0.2) is 53.1 Å². The van der Waals surface area contributed by atoms with Crippen LogP contribution in [0.1, 0.15) is 36.6 Å². The van der Waals surface area contributed by atoms with Gasteiger partial charge in [0.05, 0.1) is 17.8 Å². The molecule has 1 N–H and O–H groups in total. The number of hydrogen-bond donors (Lipinski definition) is 1. The van der Waals surface area contributed by atoms with E-state index in [4.69, 9.17) is 4.42 Å². The number of amides is 1. The van der Waals surface area contributed by atoms with E-state index in [-0.39, 0.29) is 29.6 Å². The molecule has 2 aromatic heterocycles. The Morgan fingerprint density at radius 3 is 2.96 bits per heavy atom. The summed E-state index contributed by atoms with van der Waals surface area (Å²) >= 11 is 0. The Hall–Kier alpha value is -3.15. The van der Waals surface area contributed by atoms with Crippen molar-refractivity contribution in [2.24, 2.45) is 13.0 Å². The van der Waals surface area contributed by atoms with Gasteiger partial charge in [0.15, 0.2) is 0 Å². The molecular weight excluding hydrogens is 357 g/mol. The minimum atomic E-state index is -0.303. The molecule has 2 heterocycles. The topological polar surface area (TPSA) is 60.1 Å². The predicted molar refractivity (Wildman–Crippen MR) is 104 cm³/mol. The Kier molecular flexibility index (Phi) is 3.75. The Balaban J connectivity index is 1.29. The van der Waals surface area contributed by atoms with Crippen molar-refractivity contribution in [2.75, 3.05) is 0 Å². The molecule has 5 rings (SSSR count). The molecule has 1 aliphatic carbocycles. The van der Waals surface area contributed by atoms with Crippen molar-refractivity contribution < 1.29 is 13.6 Å². The van der Waals surface area contributed by atoms with Gasteiger partial charge in [-0.15, -0.1) is 0 Å². The van der Waals surface area contributed by atoms with Crippen molar-refractivity contribution in [3.63, 3.8) is 0 Å². The lowest BCUT2D eigenvalue weighted by atomic mass is 10.1. The number of benzene rings is 2. The normalized spacial score (nSPS) is 19.8. The zero-order valence-electron chi connectivity index (χ0n) is 15.6. The first-order chi connectivity index (χ1) is 13.5. The summed E-state index contributed by atoms with van der Waals surface area (Å²) in [5.74, 6) is 0.547. The minimum Gasteiger partial charge on any atom is -0.459 e. The van der Waals surface area contributed by atoms with Crippen LogP contribution in [0.5, 0.6) is 0 Å². The van der Waals surface area contributed by atoms with E-state index in [1.165, 1.54) is 17.7 Å². The van der Waals surface area contributed by atoms with Gasteiger partial charge in [0.1, 0.15) is 17.2 Å². The van der Waals surface area contributed by atoms with Gasteiger partial charge < -0.3 is 9.73 Å². The minimum absolute atomic E-state index is 0.0224. The van der Waals surface area contributed by atoms with Crippen molar-refractivity contribution in [1.82, 2.24) is 15.1 Å². The Morgan fingerprint density at radius 2 is 2.11 bits per heavy atom. The molecule has 28 heavy (non-hydrogen) atoms. The summed E-state index contributed by atoms with van der Waals surface area (Å²) in [7, 11) is 1.92. The van der Waals surface area contributed by atoms with Crippen LogP contribution >= 0.6 is 0 Å². The van der Waals surface area contributed by atoms with E-state index in [0.717, 1.165) is 17.3 Å². The van der Waals surface area contributed by atoms with E-state index in [0.29, 0.717) is 16.7 Å². The number of carbonyl (C=O) groups is 1. The van der Waals surface area contributed by atoms with Gasteiger partial charge in [-0.1, -0.05) is 12.1 Å². The number of carbonyl (C=O) groups excluding carboxylic acids is 1. The van der Waals surface area contributed by atoms with Crippen LogP contribution in [0.4, 0.5) is 4.39 Å². The SMILES string of the molecule is C[C@@H](NC(=O)[C@@H]1C[C@H]1c1ccc2cnn(C)c2c1)c1cc2cc(F)ccc2o1. The predicted octanol–water partition coefficient (Wildman–Crippen LogP) is 4.44. The zero-order valence-corrected chi connectivity index (χ0v) is 15.6. The van der Waals surface area contributed by atoms with Gasteiger partial charge in [0, 0.05) is 23.7 Å². The molecule has 3 atom stereocenters. The number of hydrogen-bond acceptors (Lipinski definition) is 3. The van der Waals surface area contributed by atoms with E-state index < -0.39 is 0 Å². The molecule has 0 saturated heterocycles. The highest BCUT2D eigenvalue weighted by atomic mass is 19.1. The van der Waals surface area contributed by atoms with Gasteiger partial charge in [-0.3, -0.25) is 9.48 Å². The van der Waals surface area contributed by atoms with Crippen LogP contribution < -0.4 is 5.32 Å². The van der Waals surface area contributed by atoms with Crippen LogP contribution in [0.3, 0.4) is 0 Å². The molecule has 2 aromatic carbocycles. The molecule has 1 amide bonds. The summed E-state index contributed by atoms with van der Waals surface area (Å²) in [5, 5.41) is 9.10. The number of halogens is 1. The molecule has 0 radical (unpaired) electrons. The fourth-order valence-electron chi connectivity index (χ4n) is 3.88. The number of nitrogens with zero attached hydrogens (tertiary/aromatic N) is 2. The average Bonchev–Trinajstić information content (AvgIpc) is 3.25. The van der Waals surface area contributed by atoms with Gasteiger partial charge in [0.25, 0.3) is 0 Å². The second kappa shape index (κ2) is 6.19.